The van der Waals surface area contributed by atoms with Crippen molar-refractivity contribution in [2.75, 3.05) is 18.0 Å². The number of halogens is 2. The number of pyridine rings is 1. The highest BCUT2D eigenvalue weighted by molar-refractivity contribution is 7.91. The molecule has 1 aliphatic rings. The normalized spacial score (nSPS) is 15.4. The van der Waals surface area contributed by atoms with Gasteiger partial charge in [0, 0.05) is 42.1 Å². The Kier molecular flexibility index (Phi) is 4.43. The number of aromatic amines is 1. The Morgan fingerprint density at radius 2 is 1.93 bits per heavy atom. The van der Waals surface area contributed by atoms with Crippen molar-refractivity contribution in [2.45, 2.75) is 17.1 Å². The quantitative estimate of drug-likeness (QED) is 0.736. The van der Waals surface area contributed by atoms with Crippen LogP contribution in [0.3, 0.4) is 0 Å². The van der Waals surface area contributed by atoms with Gasteiger partial charge in [0.05, 0.1) is 4.90 Å². The van der Waals surface area contributed by atoms with E-state index in [2.05, 4.69) is 20.9 Å². The van der Waals surface area contributed by atoms with Crippen molar-refractivity contribution < 1.29 is 17.2 Å². The number of anilines is 1. The Balaban J connectivity index is 1.54. The van der Waals surface area contributed by atoms with Crippen molar-refractivity contribution in [3.8, 4) is 0 Å². The number of fused-ring (bicyclic) bond motifs is 1. The van der Waals surface area contributed by atoms with Gasteiger partial charge in [-0.25, -0.2) is 13.4 Å². The average molecular weight is 389 g/mol. The average Bonchev–Trinajstić information content (AvgIpc) is 3.12. The molecule has 0 atom stereocenters. The third kappa shape index (κ3) is 3.21. The van der Waals surface area contributed by atoms with Gasteiger partial charge in [-0.1, -0.05) is 6.08 Å². The lowest BCUT2D eigenvalue weighted by Crippen LogP contribution is -2.28. The van der Waals surface area contributed by atoms with Gasteiger partial charge in [-0.05, 0) is 48.4 Å². The molecule has 0 spiro atoms. The molecule has 3 heterocycles. The summed E-state index contributed by atoms with van der Waals surface area (Å²) in [6, 6.07) is 9.56. The van der Waals surface area contributed by atoms with Gasteiger partial charge in [0.25, 0.3) is 0 Å². The number of aromatic nitrogens is 2. The zero-order valence-electron chi connectivity index (χ0n) is 14.3. The number of H-pyrrole nitrogens is 1. The molecule has 3 aromatic rings. The molecular formula is C19H17F2N3O2S. The number of hydrogen-bond acceptors (Lipinski definition) is 4. The molecule has 27 heavy (non-hydrogen) atoms. The zero-order valence-corrected chi connectivity index (χ0v) is 15.1. The first kappa shape index (κ1) is 17.7. The van der Waals surface area contributed by atoms with Gasteiger partial charge < -0.3 is 9.88 Å². The molecule has 140 valence electrons. The molecule has 0 saturated heterocycles. The minimum atomic E-state index is -4.56. The van der Waals surface area contributed by atoms with Crippen LogP contribution in [0.5, 0.6) is 0 Å². The summed E-state index contributed by atoms with van der Waals surface area (Å²) in [4.78, 5) is 9.20. The third-order valence-electron chi connectivity index (χ3n) is 4.77. The van der Waals surface area contributed by atoms with Crippen LogP contribution >= 0.6 is 0 Å². The topological polar surface area (TPSA) is 66.1 Å². The van der Waals surface area contributed by atoms with E-state index in [4.69, 9.17) is 0 Å². The number of sulfone groups is 1. The molecule has 0 unspecified atom stereocenters. The Bertz CT molecular complexity index is 1110. The molecular weight excluding hydrogens is 372 g/mol. The molecule has 4 rings (SSSR count). The van der Waals surface area contributed by atoms with E-state index in [1.165, 1.54) is 17.7 Å². The van der Waals surface area contributed by atoms with Crippen LogP contribution in [-0.2, 0) is 9.84 Å². The van der Waals surface area contributed by atoms with E-state index in [1.807, 2.05) is 18.3 Å². The van der Waals surface area contributed by atoms with Gasteiger partial charge in [-0.3, -0.25) is 0 Å². The number of nitrogens with one attached hydrogen (secondary N) is 1. The van der Waals surface area contributed by atoms with Crippen LogP contribution in [-0.4, -0.2) is 37.2 Å². The van der Waals surface area contributed by atoms with E-state index in [-0.39, 0.29) is 4.90 Å². The fourth-order valence-electron chi connectivity index (χ4n) is 3.32. The number of rotatable bonds is 4. The van der Waals surface area contributed by atoms with Crippen molar-refractivity contribution >= 4 is 32.1 Å². The van der Waals surface area contributed by atoms with Crippen molar-refractivity contribution in [2.24, 2.45) is 0 Å². The molecule has 0 amide bonds. The highest BCUT2D eigenvalue weighted by Gasteiger charge is 2.26. The van der Waals surface area contributed by atoms with Crippen LogP contribution in [0.15, 0.2) is 59.8 Å². The van der Waals surface area contributed by atoms with E-state index in [0.29, 0.717) is 6.54 Å². The van der Waals surface area contributed by atoms with E-state index in [1.54, 1.807) is 18.3 Å². The lowest BCUT2D eigenvalue weighted by Gasteiger charge is -2.28. The maximum Gasteiger partial charge on any atom is 0.341 e. The number of alkyl halides is 2. The van der Waals surface area contributed by atoms with Crippen molar-refractivity contribution in [3.63, 3.8) is 0 Å². The van der Waals surface area contributed by atoms with Gasteiger partial charge in [0.15, 0.2) is 0 Å². The van der Waals surface area contributed by atoms with Crippen LogP contribution in [0.4, 0.5) is 14.5 Å². The molecule has 0 radical (unpaired) electrons. The lowest BCUT2D eigenvalue weighted by atomic mass is 9.99. The predicted molar refractivity (Wildman–Crippen MR) is 101 cm³/mol. The fourth-order valence-corrected chi connectivity index (χ4v) is 4.04. The summed E-state index contributed by atoms with van der Waals surface area (Å²) < 4.78 is 48.3. The Hall–Kier alpha value is -2.74. The van der Waals surface area contributed by atoms with Crippen molar-refractivity contribution in [1.82, 2.24) is 9.97 Å². The Morgan fingerprint density at radius 1 is 1.15 bits per heavy atom. The molecule has 1 aromatic carbocycles. The van der Waals surface area contributed by atoms with E-state index < -0.39 is 15.6 Å². The number of benzene rings is 1. The molecule has 1 N–H and O–H groups in total. The minimum Gasteiger partial charge on any atom is -0.367 e. The summed E-state index contributed by atoms with van der Waals surface area (Å²) in [5, 5.41) is 1.08. The van der Waals surface area contributed by atoms with Crippen LogP contribution in [0.1, 0.15) is 12.0 Å². The van der Waals surface area contributed by atoms with Gasteiger partial charge in [0.1, 0.15) is 5.65 Å². The Morgan fingerprint density at radius 3 is 2.59 bits per heavy atom. The lowest BCUT2D eigenvalue weighted by molar-refractivity contribution is 0.234. The summed E-state index contributed by atoms with van der Waals surface area (Å²) in [6.07, 6.45) is 6.66. The van der Waals surface area contributed by atoms with Crippen LogP contribution in [0, 0.1) is 0 Å². The fraction of sp³-hybridized carbons (Fsp3) is 0.211. The first-order valence-electron chi connectivity index (χ1n) is 8.45. The highest BCUT2D eigenvalue weighted by Crippen LogP contribution is 2.30. The van der Waals surface area contributed by atoms with Crippen LogP contribution < -0.4 is 4.90 Å². The molecule has 0 fully saturated rings. The van der Waals surface area contributed by atoms with Gasteiger partial charge in [-0.2, -0.15) is 8.78 Å². The molecule has 0 saturated carbocycles. The van der Waals surface area contributed by atoms with Crippen LogP contribution in [0.2, 0.25) is 0 Å². The monoisotopic (exact) mass is 389 g/mol. The SMILES string of the molecule is O=S(=O)(c1ccc(N2CC=C(c3c[nH]c4ncccc34)CC2)cc1)C(F)F. The first-order chi connectivity index (χ1) is 13.0. The third-order valence-corrected chi connectivity index (χ3v) is 6.17. The van der Waals surface area contributed by atoms with Crippen molar-refractivity contribution in [3.05, 3.63) is 60.4 Å². The second kappa shape index (κ2) is 6.77. The summed E-state index contributed by atoms with van der Waals surface area (Å²) in [7, 11) is -4.56. The standard InChI is InChI=1S/C19H17F2N3O2S/c20-19(21)27(25,26)15-5-3-14(4-6-15)24-10-7-13(8-11-24)17-12-23-18-16(17)2-1-9-22-18/h1-7,9,12,19H,8,10-11H2,(H,22,23). The second-order valence-electron chi connectivity index (χ2n) is 6.33. The van der Waals surface area contributed by atoms with Gasteiger partial charge in [0.2, 0.25) is 9.84 Å². The predicted octanol–water partition coefficient (Wildman–Crippen LogP) is 3.85. The van der Waals surface area contributed by atoms with Crippen molar-refractivity contribution in [1.29, 1.82) is 0 Å². The van der Waals surface area contributed by atoms with Crippen LogP contribution in [0.25, 0.3) is 16.6 Å². The summed E-state index contributed by atoms with van der Waals surface area (Å²) in [5.74, 6) is -3.41. The van der Waals surface area contributed by atoms with Gasteiger partial charge in [-0.15, -0.1) is 0 Å². The second-order valence-corrected chi connectivity index (χ2v) is 8.24. The van der Waals surface area contributed by atoms with Gasteiger partial charge >= 0.3 is 5.76 Å². The molecule has 2 aromatic heterocycles. The molecule has 1 aliphatic heterocycles. The minimum absolute atomic E-state index is 0.360. The van der Waals surface area contributed by atoms with E-state index >= 15 is 0 Å². The number of hydrogen-bond donors (Lipinski definition) is 1. The number of nitrogens with zero attached hydrogens (tertiary/aromatic N) is 2. The highest BCUT2D eigenvalue weighted by atomic mass is 32.2. The first-order valence-corrected chi connectivity index (χ1v) is 10.00. The summed E-state index contributed by atoms with van der Waals surface area (Å²) in [6.45, 7) is 1.41. The zero-order chi connectivity index (χ0) is 19.0. The summed E-state index contributed by atoms with van der Waals surface area (Å²) >= 11 is 0. The smallest absolute Gasteiger partial charge is 0.341 e. The van der Waals surface area contributed by atoms with E-state index in [0.717, 1.165) is 35.2 Å². The van der Waals surface area contributed by atoms with E-state index in [9.17, 15) is 17.2 Å². The maximum atomic E-state index is 12.6. The largest absolute Gasteiger partial charge is 0.367 e. The maximum absolute atomic E-state index is 12.6. The Labute approximate surface area is 155 Å². The molecule has 0 aliphatic carbocycles. The molecule has 8 heteroatoms. The molecule has 5 nitrogen and oxygen atoms in total. The molecule has 0 bridgehead atoms. The summed E-state index contributed by atoms with van der Waals surface area (Å²) in [5.41, 5.74) is 4.02.